The molecule has 0 bridgehead atoms. The van der Waals surface area contributed by atoms with Gasteiger partial charge in [0.25, 0.3) is 0 Å². The van der Waals surface area contributed by atoms with Gasteiger partial charge < -0.3 is 19.2 Å². The lowest BCUT2D eigenvalue weighted by Crippen LogP contribution is -2.42. The number of rotatable bonds is 6. The first-order valence-corrected chi connectivity index (χ1v) is 10.8. The van der Waals surface area contributed by atoms with Crippen LogP contribution in [-0.4, -0.2) is 18.1 Å². The lowest BCUT2D eigenvalue weighted by atomic mass is 9.91. The molecule has 4 rings (SSSR count). The third-order valence-electron chi connectivity index (χ3n) is 5.61. The number of amides is 1. The molecule has 1 heterocycles. The van der Waals surface area contributed by atoms with Crippen molar-refractivity contribution in [1.29, 1.82) is 0 Å². The molecule has 1 N–H and O–H groups in total. The quantitative estimate of drug-likeness (QED) is 0.353. The summed E-state index contributed by atoms with van der Waals surface area (Å²) < 4.78 is 16.1. The van der Waals surface area contributed by atoms with Gasteiger partial charge >= 0.3 is 17.7 Å². The number of carbonyl (C=O) groups excluding carboxylic acids is 2. The van der Waals surface area contributed by atoms with Crippen molar-refractivity contribution >= 4 is 23.0 Å². The Morgan fingerprint density at radius 1 is 1.06 bits per heavy atom. The highest BCUT2D eigenvalue weighted by atomic mass is 16.6. The van der Waals surface area contributed by atoms with Crippen molar-refractivity contribution in [2.45, 2.75) is 51.7 Å². The van der Waals surface area contributed by atoms with Crippen molar-refractivity contribution < 1.29 is 23.5 Å². The highest BCUT2D eigenvalue weighted by Crippen LogP contribution is 2.29. The number of nitrogens with one attached hydrogen (secondary N) is 1. The zero-order chi connectivity index (χ0) is 22.5. The molecule has 0 saturated heterocycles. The van der Waals surface area contributed by atoms with Crippen LogP contribution in [-0.2, 0) is 29.0 Å². The Labute approximate surface area is 185 Å². The van der Waals surface area contributed by atoms with Crippen molar-refractivity contribution in [2.24, 2.45) is 0 Å². The minimum absolute atomic E-state index is 0.103. The first-order chi connectivity index (χ1) is 15.5. The molecule has 0 spiro atoms. The monoisotopic (exact) mass is 435 g/mol. The van der Waals surface area contributed by atoms with Gasteiger partial charge in [-0.15, -0.1) is 0 Å². The fourth-order valence-electron chi connectivity index (χ4n) is 3.91. The van der Waals surface area contributed by atoms with Crippen LogP contribution in [0, 0.1) is 0 Å². The van der Waals surface area contributed by atoms with Gasteiger partial charge in [0.15, 0.2) is 0 Å². The number of ether oxygens (including phenoxy) is 2. The number of hydrogen-bond donors (Lipinski definition) is 1. The fourth-order valence-corrected chi connectivity index (χ4v) is 3.91. The van der Waals surface area contributed by atoms with Gasteiger partial charge in [0, 0.05) is 17.0 Å². The number of alkyl carbamates (subject to hydrolysis) is 1. The van der Waals surface area contributed by atoms with Crippen LogP contribution in [0.1, 0.15) is 42.9 Å². The molecule has 2 aromatic carbocycles. The van der Waals surface area contributed by atoms with Gasteiger partial charge in [-0.25, -0.2) is 14.4 Å². The zero-order valence-electron chi connectivity index (χ0n) is 17.9. The minimum atomic E-state index is -0.871. The molecule has 1 amide bonds. The topological polar surface area (TPSA) is 94.8 Å². The van der Waals surface area contributed by atoms with Crippen molar-refractivity contribution in [3.05, 3.63) is 75.6 Å². The second-order valence-corrected chi connectivity index (χ2v) is 7.80. The molecule has 0 aliphatic heterocycles. The number of fused-ring (bicyclic) bond motifs is 3. The average Bonchev–Trinajstić information content (AvgIpc) is 2.82. The van der Waals surface area contributed by atoms with Gasteiger partial charge in [-0.1, -0.05) is 37.3 Å². The first kappa shape index (κ1) is 21.6. The summed E-state index contributed by atoms with van der Waals surface area (Å²) in [7, 11) is 0. The fraction of sp³-hybridized carbons (Fsp3) is 0.320. The summed E-state index contributed by atoms with van der Waals surface area (Å²) in [5.41, 5.74) is 2.68. The van der Waals surface area contributed by atoms with Crippen LogP contribution in [0.2, 0.25) is 0 Å². The van der Waals surface area contributed by atoms with Crippen LogP contribution in [0.5, 0.6) is 5.75 Å². The standard InChI is InChI=1S/C25H25NO6/c1-2-21(26-25(29)30-15-16-8-4-3-5-9-16)24(28)31-17-12-13-19-18-10-6-7-11-20(18)23(27)32-22(19)14-17/h3-5,8-9,12-14,21H,2,6-7,10-11,15H2,1H3,(H,26,29). The van der Waals surface area contributed by atoms with E-state index < -0.39 is 18.1 Å². The minimum Gasteiger partial charge on any atom is -0.445 e. The summed E-state index contributed by atoms with van der Waals surface area (Å²) in [6.07, 6.45) is 3.21. The van der Waals surface area contributed by atoms with Crippen LogP contribution in [0.15, 0.2) is 57.7 Å². The predicted octanol–water partition coefficient (Wildman–Crippen LogP) is 4.28. The smallest absolute Gasteiger partial charge is 0.408 e. The van der Waals surface area contributed by atoms with E-state index in [-0.39, 0.29) is 18.0 Å². The van der Waals surface area contributed by atoms with Crippen LogP contribution < -0.4 is 15.7 Å². The van der Waals surface area contributed by atoms with Gasteiger partial charge in [0.1, 0.15) is 24.0 Å². The SMILES string of the molecule is CCC(NC(=O)OCc1ccccc1)C(=O)Oc1ccc2c3c(c(=O)oc2c1)CCCC3. The summed E-state index contributed by atoms with van der Waals surface area (Å²) in [5.74, 6) is -0.372. The predicted molar refractivity (Wildman–Crippen MR) is 119 cm³/mol. The van der Waals surface area contributed by atoms with Gasteiger partial charge in [0.2, 0.25) is 0 Å². The van der Waals surface area contributed by atoms with Crippen molar-refractivity contribution in [3.8, 4) is 5.75 Å². The molecule has 1 aliphatic rings. The first-order valence-electron chi connectivity index (χ1n) is 10.8. The Morgan fingerprint density at radius 3 is 2.56 bits per heavy atom. The summed E-state index contributed by atoms with van der Waals surface area (Å²) in [5, 5.41) is 3.40. The Hall–Kier alpha value is -3.61. The van der Waals surface area contributed by atoms with E-state index in [0.717, 1.165) is 47.8 Å². The third-order valence-corrected chi connectivity index (χ3v) is 5.61. The average molecular weight is 435 g/mol. The lowest BCUT2D eigenvalue weighted by Gasteiger charge is -2.17. The largest absolute Gasteiger partial charge is 0.445 e. The van der Waals surface area contributed by atoms with Crippen LogP contribution in [0.4, 0.5) is 4.79 Å². The Bertz CT molecular complexity index is 1180. The highest BCUT2D eigenvalue weighted by molar-refractivity contribution is 5.86. The number of carbonyl (C=O) groups is 2. The summed E-state index contributed by atoms with van der Waals surface area (Å²) in [4.78, 5) is 37.0. The Balaban J connectivity index is 1.42. The maximum Gasteiger partial charge on any atom is 0.408 e. The van der Waals surface area contributed by atoms with Crippen LogP contribution in [0.25, 0.3) is 11.0 Å². The summed E-state index contributed by atoms with van der Waals surface area (Å²) in [6, 6.07) is 13.4. The van der Waals surface area contributed by atoms with E-state index in [2.05, 4.69) is 5.32 Å². The van der Waals surface area contributed by atoms with Gasteiger partial charge in [-0.2, -0.15) is 0 Å². The van der Waals surface area contributed by atoms with Crippen LogP contribution >= 0.6 is 0 Å². The number of hydrogen-bond acceptors (Lipinski definition) is 6. The molecule has 7 heteroatoms. The molecule has 0 fully saturated rings. The molecule has 32 heavy (non-hydrogen) atoms. The maximum atomic E-state index is 12.6. The zero-order valence-corrected chi connectivity index (χ0v) is 17.9. The van der Waals surface area contributed by atoms with E-state index in [1.165, 1.54) is 0 Å². The molecule has 1 unspecified atom stereocenters. The van der Waals surface area contributed by atoms with Crippen molar-refractivity contribution in [2.75, 3.05) is 0 Å². The normalized spacial score (nSPS) is 13.8. The Kier molecular flexibility index (Phi) is 6.54. The number of aryl methyl sites for hydroxylation is 1. The Morgan fingerprint density at radius 2 is 1.81 bits per heavy atom. The maximum absolute atomic E-state index is 12.6. The molecule has 0 saturated carbocycles. The van der Waals surface area contributed by atoms with Gasteiger partial charge in [-0.05, 0) is 55.4 Å². The van der Waals surface area contributed by atoms with E-state index in [9.17, 15) is 14.4 Å². The van der Waals surface area contributed by atoms with Gasteiger partial charge in [-0.3, -0.25) is 0 Å². The van der Waals surface area contributed by atoms with E-state index in [1.807, 2.05) is 36.4 Å². The van der Waals surface area contributed by atoms with E-state index in [0.29, 0.717) is 12.0 Å². The number of benzene rings is 2. The molecule has 1 aromatic heterocycles. The molecular formula is C25H25NO6. The molecule has 7 nitrogen and oxygen atoms in total. The van der Waals surface area contributed by atoms with Crippen molar-refractivity contribution in [1.82, 2.24) is 5.32 Å². The molecule has 166 valence electrons. The van der Waals surface area contributed by atoms with E-state index in [1.54, 1.807) is 19.1 Å². The van der Waals surface area contributed by atoms with Crippen molar-refractivity contribution in [3.63, 3.8) is 0 Å². The van der Waals surface area contributed by atoms with Crippen LogP contribution in [0.3, 0.4) is 0 Å². The molecule has 0 radical (unpaired) electrons. The second kappa shape index (κ2) is 9.68. The highest BCUT2D eigenvalue weighted by Gasteiger charge is 2.23. The molecule has 1 atom stereocenters. The number of esters is 1. The lowest BCUT2D eigenvalue weighted by molar-refractivity contribution is -0.136. The van der Waals surface area contributed by atoms with E-state index in [4.69, 9.17) is 13.9 Å². The summed E-state index contributed by atoms with van der Waals surface area (Å²) in [6.45, 7) is 1.86. The second-order valence-electron chi connectivity index (χ2n) is 7.80. The molecular weight excluding hydrogens is 410 g/mol. The molecule has 1 aliphatic carbocycles. The third kappa shape index (κ3) is 4.82. The van der Waals surface area contributed by atoms with E-state index >= 15 is 0 Å². The van der Waals surface area contributed by atoms with Gasteiger partial charge in [0.05, 0.1) is 0 Å². The summed E-state index contributed by atoms with van der Waals surface area (Å²) >= 11 is 0. The molecule has 3 aromatic rings.